The molecule has 2 aromatic carbocycles. The number of alkyl halides is 3. The topological polar surface area (TPSA) is 85.3 Å². The summed E-state index contributed by atoms with van der Waals surface area (Å²) >= 11 is 0. The fraction of sp³-hybridized carbons (Fsp3) is 0.158. The Kier molecular flexibility index (Phi) is 4.65. The number of halogens is 3. The molecular formula is C19H15F3N2O3. The van der Waals surface area contributed by atoms with Crippen LogP contribution in [-0.2, 0) is 17.4 Å². The van der Waals surface area contributed by atoms with Crippen LogP contribution in [0.3, 0.4) is 0 Å². The number of benzene rings is 2. The minimum atomic E-state index is -4.53. The summed E-state index contributed by atoms with van der Waals surface area (Å²) in [5.41, 5.74) is 5.92. The summed E-state index contributed by atoms with van der Waals surface area (Å²) in [5, 5.41) is 9.26. The number of carboxylic acids is 1. The second-order valence-electron chi connectivity index (χ2n) is 6.06. The SMILES string of the molecule is NC(=O)c1cc2ccc(C(F)(F)F)cc2n1-c1cccc(CCC(=O)O)c1. The van der Waals surface area contributed by atoms with Crippen LogP contribution < -0.4 is 5.73 Å². The number of hydrogen-bond acceptors (Lipinski definition) is 2. The van der Waals surface area contributed by atoms with Crippen LogP contribution in [0.1, 0.15) is 28.0 Å². The number of fused-ring (bicyclic) bond motifs is 1. The molecule has 0 aliphatic heterocycles. The Balaban J connectivity index is 2.19. The summed E-state index contributed by atoms with van der Waals surface area (Å²) in [6.07, 6.45) is -4.36. The van der Waals surface area contributed by atoms with Crippen molar-refractivity contribution in [1.82, 2.24) is 4.57 Å². The molecule has 1 aromatic heterocycles. The average Bonchev–Trinajstić information content (AvgIpc) is 2.98. The Bertz CT molecular complexity index is 1040. The van der Waals surface area contributed by atoms with Crippen molar-refractivity contribution in [2.75, 3.05) is 0 Å². The van der Waals surface area contributed by atoms with Gasteiger partial charge >= 0.3 is 12.1 Å². The van der Waals surface area contributed by atoms with Crippen LogP contribution in [0.2, 0.25) is 0 Å². The molecule has 0 unspecified atom stereocenters. The highest BCUT2D eigenvalue weighted by atomic mass is 19.4. The van der Waals surface area contributed by atoms with Gasteiger partial charge < -0.3 is 15.4 Å². The van der Waals surface area contributed by atoms with E-state index in [1.807, 2.05) is 0 Å². The average molecular weight is 376 g/mol. The molecular weight excluding hydrogens is 361 g/mol. The van der Waals surface area contributed by atoms with E-state index in [0.29, 0.717) is 16.6 Å². The molecule has 3 N–H and O–H groups in total. The van der Waals surface area contributed by atoms with Crippen molar-refractivity contribution in [3.63, 3.8) is 0 Å². The van der Waals surface area contributed by atoms with Crippen molar-refractivity contribution in [1.29, 1.82) is 0 Å². The maximum absolute atomic E-state index is 13.1. The molecule has 0 aliphatic carbocycles. The number of carbonyl (C=O) groups excluding carboxylic acids is 1. The summed E-state index contributed by atoms with van der Waals surface area (Å²) in [6, 6.07) is 11.2. The number of hydrogen-bond donors (Lipinski definition) is 2. The highest BCUT2D eigenvalue weighted by molar-refractivity contribution is 5.99. The molecule has 3 rings (SSSR count). The van der Waals surface area contributed by atoms with Gasteiger partial charge in [-0.15, -0.1) is 0 Å². The third-order valence-corrected chi connectivity index (χ3v) is 4.18. The number of amides is 1. The maximum Gasteiger partial charge on any atom is 0.416 e. The lowest BCUT2D eigenvalue weighted by molar-refractivity contribution is -0.138. The minimum Gasteiger partial charge on any atom is -0.481 e. The summed E-state index contributed by atoms with van der Waals surface area (Å²) < 4.78 is 40.7. The van der Waals surface area contributed by atoms with E-state index in [-0.39, 0.29) is 24.1 Å². The van der Waals surface area contributed by atoms with Gasteiger partial charge in [0, 0.05) is 17.5 Å². The fourth-order valence-corrected chi connectivity index (χ4v) is 2.94. The Morgan fingerprint density at radius 1 is 1.07 bits per heavy atom. The third-order valence-electron chi connectivity index (χ3n) is 4.18. The summed E-state index contributed by atoms with van der Waals surface area (Å²) in [6.45, 7) is 0. The highest BCUT2D eigenvalue weighted by Gasteiger charge is 2.31. The molecule has 0 saturated carbocycles. The Morgan fingerprint density at radius 3 is 2.44 bits per heavy atom. The lowest BCUT2D eigenvalue weighted by atomic mass is 10.1. The van der Waals surface area contributed by atoms with Gasteiger partial charge in [-0.3, -0.25) is 9.59 Å². The van der Waals surface area contributed by atoms with E-state index in [0.717, 1.165) is 12.1 Å². The van der Waals surface area contributed by atoms with Gasteiger partial charge in [-0.05, 0) is 42.3 Å². The van der Waals surface area contributed by atoms with Crippen LogP contribution in [0.4, 0.5) is 13.2 Å². The summed E-state index contributed by atoms with van der Waals surface area (Å²) in [7, 11) is 0. The number of rotatable bonds is 5. The molecule has 1 amide bonds. The van der Waals surface area contributed by atoms with Crippen molar-refractivity contribution < 1.29 is 27.9 Å². The molecule has 0 fully saturated rings. The van der Waals surface area contributed by atoms with E-state index >= 15 is 0 Å². The first kappa shape index (κ1) is 18.5. The molecule has 3 aromatic rings. The molecule has 27 heavy (non-hydrogen) atoms. The number of aliphatic carboxylic acids is 1. The predicted octanol–water partition coefficient (Wildman–Crippen LogP) is 3.77. The first-order chi connectivity index (χ1) is 12.7. The zero-order valence-corrected chi connectivity index (χ0v) is 14.0. The van der Waals surface area contributed by atoms with Gasteiger partial charge in [-0.1, -0.05) is 18.2 Å². The van der Waals surface area contributed by atoms with Crippen molar-refractivity contribution in [3.05, 3.63) is 65.4 Å². The molecule has 5 nitrogen and oxygen atoms in total. The maximum atomic E-state index is 13.1. The quantitative estimate of drug-likeness (QED) is 0.711. The predicted molar refractivity (Wildman–Crippen MR) is 92.8 cm³/mol. The van der Waals surface area contributed by atoms with E-state index in [4.69, 9.17) is 10.8 Å². The molecule has 0 atom stereocenters. The van der Waals surface area contributed by atoms with Crippen LogP contribution in [0.5, 0.6) is 0 Å². The van der Waals surface area contributed by atoms with Crippen LogP contribution in [0, 0.1) is 0 Å². The first-order valence-electron chi connectivity index (χ1n) is 8.00. The minimum absolute atomic E-state index is 0.0414. The fourth-order valence-electron chi connectivity index (χ4n) is 2.94. The number of nitrogens with two attached hydrogens (primary N) is 1. The number of nitrogens with zero attached hydrogens (tertiary/aromatic N) is 1. The van der Waals surface area contributed by atoms with E-state index < -0.39 is 23.6 Å². The summed E-state index contributed by atoms with van der Waals surface area (Å²) in [5.74, 6) is -1.74. The van der Waals surface area contributed by atoms with E-state index in [2.05, 4.69) is 0 Å². The van der Waals surface area contributed by atoms with Gasteiger partial charge in [0.1, 0.15) is 5.69 Å². The Hall–Kier alpha value is -3.29. The van der Waals surface area contributed by atoms with Crippen molar-refractivity contribution in [2.24, 2.45) is 5.73 Å². The standard InChI is InChI=1S/C19H15F3N2O3/c20-19(21,22)13-6-5-12-9-16(18(23)27)24(15(12)10-13)14-3-1-2-11(8-14)4-7-17(25)26/h1-3,5-6,8-10H,4,7H2,(H2,23,27)(H,25,26). The number of primary amides is 1. The molecule has 0 radical (unpaired) electrons. The molecule has 1 heterocycles. The van der Waals surface area contributed by atoms with Crippen molar-refractivity contribution >= 4 is 22.8 Å². The normalized spacial score (nSPS) is 11.7. The lowest BCUT2D eigenvalue weighted by Crippen LogP contribution is -2.16. The highest BCUT2D eigenvalue weighted by Crippen LogP contribution is 2.33. The molecule has 0 spiro atoms. The van der Waals surface area contributed by atoms with E-state index in [9.17, 15) is 22.8 Å². The van der Waals surface area contributed by atoms with Gasteiger partial charge in [0.25, 0.3) is 5.91 Å². The van der Waals surface area contributed by atoms with Crippen LogP contribution in [0.15, 0.2) is 48.5 Å². The monoisotopic (exact) mass is 376 g/mol. The zero-order valence-electron chi connectivity index (χ0n) is 14.0. The molecule has 0 bridgehead atoms. The number of carboxylic acid groups (broad SMARTS) is 1. The molecule has 140 valence electrons. The van der Waals surface area contributed by atoms with E-state index in [1.54, 1.807) is 24.3 Å². The van der Waals surface area contributed by atoms with Gasteiger partial charge in [0.2, 0.25) is 0 Å². The molecule has 0 saturated heterocycles. The molecule has 0 aliphatic rings. The number of aryl methyl sites for hydroxylation is 1. The van der Waals surface area contributed by atoms with Crippen molar-refractivity contribution in [2.45, 2.75) is 19.0 Å². The van der Waals surface area contributed by atoms with Gasteiger partial charge in [-0.25, -0.2) is 0 Å². The van der Waals surface area contributed by atoms with E-state index in [1.165, 1.54) is 16.7 Å². The Labute approximate surface area is 151 Å². The first-order valence-corrected chi connectivity index (χ1v) is 8.00. The van der Waals surface area contributed by atoms with Crippen LogP contribution >= 0.6 is 0 Å². The largest absolute Gasteiger partial charge is 0.481 e. The smallest absolute Gasteiger partial charge is 0.416 e. The Morgan fingerprint density at radius 2 is 1.81 bits per heavy atom. The van der Waals surface area contributed by atoms with Crippen LogP contribution in [-0.4, -0.2) is 21.6 Å². The summed E-state index contributed by atoms with van der Waals surface area (Å²) in [4.78, 5) is 22.6. The van der Waals surface area contributed by atoms with Gasteiger partial charge in [0.15, 0.2) is 0 Å². The second-order valence-corrected chi connectivity index (χ2v) is 6.06. The van der Waals surface area contributed by atoms with Gasteiger partial charge in [-0.2, -0.15) is 13.2 Å². The van der Waals surface area contributed by atoms with Gasteiger partial charge in [0.05, 0.1) is 11.1 Å². The number of aromatic nitrogens is 1. The lowest BCUT2D eigenvalue weighted by Gasteiger charge is -2.12. The third kappa shape index (κ3) is 3.79. The van der Waals surface area contributed by atoms with Crippen LogP contribution in [0.25, 0.3) is 16.6 Å². The second kappa shape index (κ2) is 6.79. The molecule has 8 heteroatoms. The van der Waals surface area contributed by atoms with Crippen molar-refractivity contribution in [3.8, 4) is 5.69 Å². The number of carbonyl (C=O) groups is 2. The zero-order chi connectivity index (χ0) is 19.8.